The van der Waals surface area contributed by atoms with Gasteiger partial charge in [0.25, 0.3) is 0 Å². The lowest BCUT2D eigenvalue weighted by Gasteiger charge is -2.32. The number of esters is 1. The van der Waals surface area contributed by atoms with E-state index in [2.05, 4.69) is 4.74 Å². The molecule has 3 atom stereocenters. The van der Waals surface area contributed by atoms with Gasteiger partial charge in [0.2, 0.25) is 6.17 Å². The van der Waals surface area contributed by atoms with Crippen LogP contribution >= 0.6 is 0 Å². The predicted octanol–water partition coefficient (Wildman–Crippen LogP) is 1.32. The Morgan fingerprint density at radius 3 is 2.79 bits per heavy atom. The van der Waals surface area contributed by atoms with Crippen molar-refractivity contribution >= 4 is 5.97 Å². The molecule has 0 bridgehead atoms. The van der Waals surface area contributed by atoms with Crippen molar-refractivity contribution in [2.75, 3.05) is 13.2 Å². The van der Waals surface area contributed by atoms with Crippen LogP contribution in [0.25, 0.3) is 0 Å². The van der Waals surface area contributed by atoms with Crippen LogP contribution in [0, 0.1) is 0 Å². The zero-order valence-corrected chi connectivity index (χ0v) is 11.1. The summed E-state index contributed by atoms with van der Waals surface area (Å²) in [5, 5.41) is 9.85. The van der Waals surface area contributed by atoms with Gasteiger partial charge in [0.15, 0.2) is 5.79 Å². The monoisotopic (exact) mass is 276 g/mol. The number of carbonyl (C=O) groups excluding carboxylic acids is 1. The van der Waals surface area contributed by atoms with Gasteiger partial charge in [0.05, 0.1) is 13.2 Å². The van der Waals surface area contributed by atoms with Crippen molar-refractivity contribution in [3.05, 3.63) is 0 Å². The molecule has 1 spiro atoms. The van der Waals surface area contributed by atoms with Crippen LogP contribution in [-0.4, -0.2) is 48.5 Å². The Labute approximate surface area is 112 Å². The van der Waals surface area contributed by atoms with Crippen LogP contribution in [-0.2, 0) is 19.0 Å². The summed E-state index contributed by atoms with van der Waals surface area (Å²) in [6, 6.07) is 0. The van der Waals surface area contributed by atoms with E-state index in [-0.39, 0.29) is 13.2 Å². The molecule has 1 saturated heterocycles. The third-order valence-corrected chi connectivity index (χ3v) is 3.68. The van der Waals surface area contributed by atoms with Crippen molar-refractivity contribution in [1.29, 1.82) is 0 Å². The van der Waals surface area contributed by atoms with Gasteiger partial charge in [-0.05, 0) is 19.8 Å². The quantitative estimate of drug-likeness (QED) is 0.785. The summed E-state index contributed by atoms with van der Waals surface area (Å²) in [6.45, 7) is 1.78. The van der Waals surface area contributed by atoms with E-state index < -0.39 is 30.1 Å². The first-order valence-corrected chi connectivity index (χ1v) is 6.88. The molecular formula is C13H21FO5. The van der Waals surface area contributed by atoms with Gasteiger partial charge >= 0.3 is 5.97 Å². The molecule has 0 aromatic carbocycles. The zero-order valence-electron chi connectivity index (χ0n) is 11.1. The minimum absolute atomic E-state index is 0.0813. The predicted molar refractivity (Wildman–Crippen MR) is 64.2 cm³/mol. The maximum atomic E-state index is 13.7. The number of carbonyl (C=O) groups is 1. The van der Waals surface area contributed by atoms with Gasteiger partial charge in [0, 0.05) is 12.8 Å². The Balaban J connectivity index is 1.90. The van der Waals surface area contributed by atoms with E-state index in [1.807, 2.05) is 0 Å². The summed E-state index contributed by atoms with van der Waals surface area (Å²) >= 11 is 0. The van der Waals surface area contributed by atoms with E-state index in [9.17, 15) is 14.3 Å². The Bertz CT molecular complexity index is 316. The molecule has 110 valence electrons. The van der Waals surface area contributed by atoms with E-state index in [4.69, 9.17) is 9.47 Å². The van der Waals surface area contributed by atoms with Crippen LogP contribution in [0.2, 0.25) is 0 Å². The summed E-state index contributed by atoms with van der Waals surface area (Å²) < 4.78 is 29.6. The third kappa shape index (κ3) is 3.24. The molecule has 0 unspecified atom stereocenters. The maximum Gasteiger partial charge on any atom is 0.343 e. The molecule has 1 aliphatic carbocycles. The van der Waals surface area contributed by atoms with Gasteiger partial charge in [0.1, 0.15) is 12.2 Å². The third-order valence-electron chi connectivity index (χ3n) is 3.68. The minimum Gasteiger partial charge on any atom is -0.464 e. The lowest BCUT2D eigenvalue weighted by Crippen LogP contribution is -2.43. The van der Waals surface area contributed by atoms with Crippen molar-refractivity contribution in [3.63, 3.8) is 0 Å². The second-order valence-corrected chi connectivity index (χ2v) is 5.08. The molecule has 0 radical (unpaired) electrons. The average Bonchev–Trinajstić information content (AvgIpc) is 2.82. The number of aliphatic hydroxyl groups is 1. The van der Waals surface area contributed by atoms with E-state index in [1.54, 1.807) is 6.92 Å². The molecule has 1 saturated carbocycles. The highest BCUT2D eigenvalue weighted by Gasteiger charge is 2.47. The average molecular weight is 276 g/mol. The molecule has 0 aromatic heterocycles. The molecule has 0 amide bonds. The second kappa shape index (κ2) is 6.15. The van der Waals surface area contributed by atoms with E-state index in [0.717, 1.165) is 32.1 Å². The Morgan fingerprint density at radius 2 is 2.16 bits per heavy atom. The van der Waals surface area contributed by atoms with Gasteiger partial charge in [-0.1, -0.05) is 6.42 Å². The lowest BCUT2D eigenvalue weighted by atomic mass is 9.94. The maximum absolute atomic E-state index is 13.7. The number of hydrogen-bond acceptors (Lipinski definition) is 5. The van der Waals surface area contributed by atoms with Crippen LogP contribution in [0.5, 0.6) is 0 Å². The minimum atomic E-state index is -2.09. The van der Waals surface area contributed by atoms with Gasteiger partial charge < -0.3 is 19.3 Å². The Hall–Kier alpha value is -0.720. The highest BCUT2D eigenvalue weighted by atomic mass is 19.1. The SMILES string of the molecule is CCOC(=O)[C@@H](F)[C@H](O)[C@H]1COC2(CCCCC2)O1. The van der Waals surface area contributed by atoms with Crippen LogP contribution < -0.4 is 0 Å². The molecule has 19 heavy (non-hydrogen) atoms. The second-order valence-electron chi connectivity index (χ2n) is 5.08. The van der Waals surface area contributed by atoms with Crippen molar-refractivity contribution in [1.82, 2.24) is 0 Å². The van der Waals surface area contributed by atoms with Crippen LogP contribution in [0.1, 0.15) is 39.0 Å². The number of hydrogen-bond donors (Lipinski definition) is 1. The van der Waals surface area contributed by atoms with Gasteiger partial charge in [-0.2, -0.15) is 0 Å². The summed E-state index contributed by atoms with van der Waals surface area (Å²) in [4.78, 5) is 11.3. The molecule has 0 aromatic rings. The van der Waals surface area contributed by atoms with E-state index in [1.165, 1.54) is 0 Å². The molecule has 2 rings (SSSR count). The first kappa shape index (κ1) is 14.7. The number of ether oxygens (including phenoxy) is 3. The summed E-state index contributed by atoms with van der Waals surface area (Å²) in [5.74, 6) is -1.73. The fourth-order valence-corrected chi connectivity index (χ4v) is 2.65. The topological polar surface area (TPSA) is 65.0 Å². The molecule has 1 heterocycles. The standard InChI is InChI=1S/C13H21FO5/c1-2-17-12(16)10(14)11(15)9-8-18-13(19-9)6-4-3-5-7-13/h9-11,15H,2-8H2,1H3/t9-,10+,11-/m1/s1. The van der Waals surface area contributed by atoms with Crippen molar-refractivity contribution in [3.8, 4) is 0 Å². The van der Waals surface area contributed by atoms with E-state index >= 15 is 0 Å². The summed E-state index contributed by atoms with van der Waals surface area (Å²) in [7, 11) is 0. The van der Waals surface area contributed by atoms with Crippen molar-refractivity contribution < 1.29 is 28.5 Å². The van der Waals surface area contributed by atoms with Crippen molar-refractivity contribution in [2.45, 2.75) is 63.2 Å². The highest BCUT2D eigenvalue weighted by molar-refractivity contribution is 5.75. The Morgan fingerprint density at radius 1 is 1.47 bits per heavy atom. The van der Waals surface area contributed by atoms with Crippen LogP contribution in [0.4, 0.5) is 4.39 Å². The zero-order chi connectivity index (χ0) is 13.9. The fourth-order valence-electron chi connectivity index (χ4n) is 2.65. The van der Waals surface area contributed by atoms with Gasteiger partial charge in [-0.3, -0.25) is 0 Å². The molecule has 1 aliphatic heterocycles. The first-order valence-electron chi connectivity index (χ1n) is 6.88. The number of rotatable bonds is 4. The van der Waals surface area contributed by atoms with E-state index in [0.29, 0.717) is 0 Å². The number of aliphatic hydroxyl groups excluding tert-OH is 1. The van der Waals surface area contributed by atoms with Crippen molar-refractivity contribution in [2.24, 2.45) is 0 Å². The summed E-state index contributed by atoms with van der Waals surface area (Å²) in [5.41, 5.74) is 0. The molecule has 1 N–H and O–H groups in total. The smallest absolute Gasteiger partial charge is 0.343 e. The Kier molecular flexibility index (Phi) is 4.76. The number of halogens is 1. The molecule has 2 aliphatic rings. The van der Waals surface area contributed by atoms with Gasteiger partial charge in [-0.15, -0.1) is 0 Å². The lowest BCUT2D eigenvalue weighted by molar-refractivity contribution is -0.200. The molecule has 5 nitrogen and oxygen atoms in total. The highest BCUT2D eigenvalue weighted by Crippen LogP contribution is 2.38. The van der Waals surface area contributed by atoms with Crippen LogP contribution in [0.15, 0.2) is 0 Å². The number of alkyl halides is 1. The normalized spacial score (nSPS) is 29.1. The van der Waals surface area contributed by atoms with Crippen LogP contribution in [0.3, 0.4) is 0 Å². The first-order chi connectivity index (χ1) is 9.08. The molecular weight excluding hydrogens is 255 g/mol. The molecule has 2 fully saturated rings. The largest absolute Gasteiger partial charge is 0.464 e. The van der Waals surface area contributed by atoms with Gasteiger partial charge in [-0.25, -0.2) is 9.18 Å². The molecule has 6 heteroatoms. The summed E-state index contributed by atoms with van der Waals surface area (Å²) in [6.07, 6.45) is 0.208. The fraction of sp³-hybridized carbons (Fsp3) is 0.923.